The number of nitrogens with zero attached hydrogens (tertiary/aromatic N) is 4. The summed E-state index contributed by atoms with van der Waals surface area (Å²) in [4.78, 5) is 6.13. The number of oxazole rings is 1. The van der Waals surface area contributed by atoms with Crippen LogP contribution in [0.15, 0.2) is 47.0 Å². The van der Waals surface area contributed by atoms with Crippen LogP contribution in [-0.4, -0.2) is 31.3 Å². The summed E-state index contributed by atoms with van der Waals surface area (Å²) in [7, 11) is 0. The van der Waals surface area contributed by atoms with E-state index in [4.69, 9.17) is 19.7 Å². The van der Waals surface area contributed by atoms with Crippen LogP contribution in [0.25, 0.3) is 11.3 Å². The van der Waals surface area contributed by atoms with Crippen molar-refractivity contribution >= 4 is 11.4 Å². The summed E-state index contributed by atoms with van der Waals surface area (Å²) in [6.07, 6.45) is 4.42. The van der Waals surface area contributed by atoms with Gasteiger partial charge in [0.05, 0.1) is 30.8 Å². The lowest BCUT2D eigenvalue weighted by molar-refractivity contribution is 0.123. The molecule has 1 aromatic carbocycles. The molecule has 0 bridgehead atoms. The lowest BCUT2D eigenvalue weighted by atomic mass is 10.1. The highest BCUT2D eigenvalue weighted by molar-refractivity contribution is 5.77. The zero-order valence-corrected chi connectivity index (χ0v) is 12.9. The van der Waals surface area contributed by atoms with Crippen LogP contribution in [-0.2, 0) is 4.74 Å². The number of benzene rings is 1. The van der Waals surface area contributed by atoms with E-state index in [1.165, 1.54) is 12.6 Å². The Morgan fingerprint density at radius 1 is 1.25 bits per heavy atom. The maximum atomic E-state index is 8.90. The molecule has 120 valence electrons. The molecule has 0 amide bonds. The van der Waals surface area contributed by atoms with Gasteiger partial charge in [-0.2, -0.15) is 10.5 Å². The van der Waals surface area contributed by atoms with Gasteiger partial charge in [-0.1, -0.05) is 0 Å². The molecule has 0 spiro atoms. The highest BCUT2D eigenvalue weighted by Crippen LogP contribution is 2.32. The van der Waals surface area contributed by atoms with Crippen molar-refractivity contribution in [1.29, 1.82) is 10.5 Å². The first-order chi connectivity index (χ1) is 11.8. The number of hydrogen-bond donors (Lipinski definition) is 1. The molecule has 2 aromatic rings. The largest absolute Gasteiger partial charge is 0.444 e. The summed E-state index contributed by atoms with van der Waals surface area (Å²) < 4.78 is 10.7. The van der Waals surface area contributed by atoms with Crippen molar-refractivity contribution in [2.45, 2.75) is 0 Å². The number of rotatable bonds is 4. The van der Waals surface area contributed by atoms with Crippen molar-refractivity contribution in [2.24, 2.45) is 0 Å². The summed E-state index contributed by atoms with van der Waals surface area (Å²) in [6, 6.07) is 9.53. The van der Waals surface area contributed by atoms with Gasteiger partial charge in [0.15, 0.2) is 12.2 Å². The van der Waals surface area contributed by atoms with Crippen LogP contribution in [0.5, 0.6) is 0 Å². The van der Waals surface area contributed by atoms with Gasteiger partial charge in [0.25, 0.3) is 0 Å². The molecule has 0 aliphatic carbocycles. The predicted octanol–water partition coefficient (Wildman–Crippen LogP) is 2.52. The molecule has 1 aliphatic heterocycles. The predicted molar refractivity (Wildman–Crippen MR) is 87.9 cm³/mol. The molecule has 1 N–H and O–H groups in total. The quantitative estimate of drug-likeness (QED) is 0.864. The molecule has 3 rings (SSSR count). The molecule has 7 nitrogen and oxygen atoms in total. The van der Waals surface area contributed by atoms with Gasteiger partial charge < -0.3 is 19.4 Å². The van der Waals surface area contributed by atoms with Crippen molar-refractivity contribution in [2.75, 3.05) is 36.5 Å². The molecule has 24 heavy (non-hydrogen) atoms. The number of ether oxygens (including phenoxy) is 1. The summed E-state index contributed by atoms with van der Waals surface area (Å²) in [6.45, 7) is 2.90. The lowest BCUT2D eigenvalue weighted by Crippen LogP contribution is -2.36. The van der Waals surface area contributed by atoms with E-state index in [1.807, 2.05) is 30.3 Å². The summed E-state index contributed by atoms with van der Waals surface area (Å²) >= 11 is 0. The molecule has 0 unspecified atom stereocenters. The molecule has 0 saturated carbocycles. The third kappa shape index (κ3) is 3.37. The van der Waals surface area contributed by atoms with Gasteiger partial charge in [-0.05, 0) is 18.2 Å². The molecular formula is C17H15N5O2. The fourth-order valence-corrected chi connectivity index (χ4v) is 2.48. The number of nitrogens with one attached hydrogen (secondary N) is 1. The number of allylic oxidation sites excluding steroid dienone is 1. The molecule has 0 radical (unpaired) electrons. The Hall–Kier alpha value is -3.29. The Morgan fingerprint density at radius 3 is 2.71 bits per heavy atom. The standard InChI is InChI=1S/C17H15N5O2/c18-8-13(9-19)10-21-15-7-14(17-11-20-12-24-17)1-2-16(15)22-3-5-23-6-4-22/h1-2,7,10-12,21H,3-6H2. The molecular weight excluding hydrogens is 306 g/mol. The zero-order chi connectivity index (χ0) is 16.8. The van der Waals surface area contributed by atoms with E-state index in [1.54, 1.807) is 6.20 Å². The molecule has 1 aliphatic rings. The second kappa shape index (κ2) is 7.32. The normalized spacial score (nSPS) is 13.7. The van der Waals surface area contributed by atoms with Gasteiger partial charge in [-0.15, -0.1) is 0 Å². The van der Waals surface area contributed by atoms with E-state index < -0.39 is 0 Å². The Bertz CT molecular complexity index is 792. The minimum absolute atomic E-state index is 0.00740. The van der Waals surface area contributed by atoms with E-state index in [2.05, 4.69) is 15.2 Å². The number of nitriles is 2. The van der Waals surface area contributed by atoms with Gasteiger partial charge >= 0.3 is 0 Å². The highest BCUT2D eigenvalue weighted by Gasteiger charge is 2.16. The molecule has 0 atom stereocenters. The first-order valence-electron chi connectivity index (χ1n) is 7.44. The van der Waals surface area contributed by atoms with Gasteiger partial charge in [-0.25, -0.2) is 4.98 Å². The second-order valence-electron chi connectivity index (χ2n) is 5.12. The van der Waals surface area contributed by atoms with Crippen molar-refractivity contribution in [3.05, 3.63) is 42.6 Å². The first kappa shape index (κ1) is 15.6. The Kier molecular flexibility index (Phi) is 4.76. The number of morpholine rings is 1. The van der Waals surface area contributed by atoms with Crippen LogP contribution in [0, 0.1) is 22.7 Å². The summed E-state index contributed by atoms with van der Waals surface area (Å²) in [5.74, 6) is 0.649. The lowest BCUT2D eigenvalue weighted by Gasteiger charge is -2.30. The molecule has 1 saturated heterocycles. The minimum atomic E-state index is 0.00740. The van der Waals surface area contributed by atoms with Crippen molar-refractivity contribution < 1.29 is 9.15 Å². The Balaban J connectivity index is 1.96. The highest BCUT2D eigenvalue weighted by atomic mass is 16.5. The van der Waals surface area contributed by atoms with Crippen LogP contribution in [0.1, 0.15) is 0 Å². The van der Waals surface area contributed by atoms with Crippen molar-refractivity contribution in [1.82, 2.24) is 4.98 Å². The second-order valence-corrected chi connectivity index (χ2v) is 5.12. The molecule has 1 aromatic heterocycles. The number of aromatic nitrogens is 1. The molecule has 1 fully saturated rings. The number of hydrogen-bond acceptors (Lipinski definition) is 7. The maximum Gasteiger partial charge on any atom is 0.181 e. The van der Waals surface area contributed by atoms with Crippen LogP contribution in [0.4, 0.5) is 11.4 Å². The molecule has 7 heteroatoms. The van der Waals surface area contributed by atoms with E-state index in [-0.39, 0.29) is 5.57 Å². The van der Waals surface area contributed by atoms with Gasteiger partial charge in [0.1, 0.15) is 17.7 Å². The van der Waals surface area contributed by atoms with Gasteiger partial charge in [-0.3, -0.25) is 0 Å². The third-order valence-electron chi connectivity index (χ3n) is 3.68. The zero-order valence-electron chi connectivity index (χ0n) is 12.9. The Labute approximate surface area is 139 Å². The van der Waals surface area contributed by atoms with E-state index >= 15 is 0 Å². The van der Waals surface area contributed by atoms with Crippen molar-refractivity contribution in [3.8, 4) is 23.5 Å². The Morgan fingerprint density at radius 2 is 2.04 bits per heavy atom. The average molecular weight is 321 g/mol. The summed E-state index contributed by atoms with van der Waals surface area (Å²) in [5, 5.41) is 20.9. The van der Waals surface area contributed by atoms with E-state index in [0.717, 1.165) is 30.0 Å². The average Bonchev–Trinajstić information content (AvgIpc) is 3.18. The monoisotopic (exact) mass is 321 g/mol. The first-order valence-corrected chi connectivity index (χ1v) is 7.44. The van der Waals surface area contributed by atoms with E-state index in [0.29, 0.717) is 19.0 Å². The molecule has 2 heterocycles. The van der Waals surface area contributed by atoms with Crippen LogP contribution < -0.4 is 10.2 Å². The minimum Gasteiger partial charge on any atom is -0.444 e. The smallest absolute Gasteiger partial charge is 0.181 e. The third-order valence-corrected chi connectivity index (χ3v) is 3.68. The van der Waals surface area contributed by atoms with Gasteiger partial charge in [0, 0.05) is 24.9 Å². The topological polar surface area (TPSA) is 98.1 Å². The fraction of sp³-hybridized carbons (Fsp3) is 0.235. The van der Waals surface area contributed by atoms with Crippen molar-refractivity contribution in [3.63, 3.8) is 0 Å². The SMILES string of the molecule is N#CC(C#N)=CNc1cc(-c2cnco2)ccc1N1CCOCC1. The fourth-order valence-electron chi connectivity index (χ4n) is 2.48. The van der Waals surface area contributed by atoms with Crippen LogP contribution in [0.3, 0.4) is 0 Å². The van der Waals surface area contributed by atoms with Crippen LogP contribution >= 0.6 is 0 Å². The van der Waals surface area contributed by atoms with Crippen LogP contribution in [0.2, 0.25) is 0 Å². The summed E-state index contributed by atoms with van der Waals surface area (Å²) in [5.41, 5.74) is 2.63. The number of anilines is 2. The maximum absolute atomic E-state index is 8.90. The van der Waals surface area contributed by atoms with E-state index in [9.17, 15) is 0 Å². The van der Waals surface area contributed by atoms with Gasteiger partial charge in [0.2, 0.25) is 0 Å².